The molecule has 0 saturated carbocycles. The number of anilines is 1. The molecule has 1 saturated heterocycles. The van der Waals surface area contributed by atoms with Crippen molar-refractivity contribution in [3.8, 4) is 0 Å². The molecule has 7 heteroatoms. The average Bonchev–Trinajstić information content (AvgIpc) is 2.99. The second-order valence-electron chi connectivity index (χ2n) is 6.60. The Kier molecular flexibility index (Phi) is 6.61. The molecule has 2 rings (SSSR count). The van der Waals surface area contributed by atoms with Crippen molar-refractivity contribution < 1.29 is 9.53 Å². The molecule has 1 aliphatic heterocycles. The van der Waals surface area contributed by atoms with Gasteiger partial charge in [0.05, 0.1) is 19.6 Å². The summed E-state index contributed by atoms with van der Waals surface area (Å²) in [6.45, 7) is 6.91. The zero-order chi connectivity index (χ0) is 18.4. The second-order valence-corrected chi connectivity index (χ2v) is 6.60. The molecule has 1 fully saturated rings. The Labute approximate surface area is 150 Å². The molecule has 0 aliphatic carbocycles. The number of aliphatic imine (C=N–C) groups is 1. The van der Waals surface area contributed by atoms with Gasteiger partial charge in [-0.25, -0.2) is 9.98 Å². The molecule has 0 amide bonds. The maximum atomic E-state index is 11.9. The maximum absolute atomic E-state index is 11.9. The van der Waals surface area contributed by atoms with E-state index >= 15 is 0 Å². The highest BCUT2D eigenvalue weighted by atomic mass is 16.5. The molecular weight excluding hydrogens is 318 g/mol. The maximum Gasteiger partial charge on any atom is 0.310 e. The quantitative estimate of drug-likeness (QED) is 0.493. The third-order valence-electron chi connectivity index (χ3n) is 4.43. The van der Waals surface area contributed by atoms with Crippen molar-refractivity contribution in [2.45, 2.75) is 20.4 Å². The number of nitrogens with one attached hydrogen (secondary N) is 1. The Bertz CT molecular complexity index is 617. The van der Waals surface area contributed by atoms with Crippen molar-refractivity contribution in [1.82, 2.24) is 15.2 Å². The van der Waals surface area contributed by atoms with Crippen LogP contribution in [0.2, 0.25) is 0 Å². The van der Waals surface area contributed by atoms with Gasteiger partial charge in [-0.3, -0.25) is 4.79 Å². The van der Waals surface area contributed by atoms with E-state index in [9.17, 15) is 4.79 Å². The van der Waals surface area contributed by atoms with Crippen molar-refractivity contribution in [1.29, 1.82) is 0 Å². The first-order valence-electron chi connectivity index (χ1n) is 8.69. The van der Waals surface area contributed by atoms with Crippen LogP contribution >= 0.6 is 0 Å². The number of esters is 1. The summed E-state index contributed by atoms with van der Waals surface area (Å²) in [5.41, 5.74) is 1.10. The summed E-state index contributed by atoms with van der Waals surface area (Å²) in [5, 5.41) is 3.33. The first-order chi connectivity index (χ1) is 12.0. The van der Waals surface area contributed by atoms with Gasteiger partial charge in [-0.2, -0.15) is 0 Å². The molecule has 1 aromatic rings. The number of carbonyl (C=O) groups is 1. The van der Waals surface area contributed by atoms with Gasteiger partial charge in [-0.1, -0.05) is 6.92 Å². The number of methoxy groups -OCH3 is 1. The molecule has 2 heterocycles. The molecule has 25 heavy (non-hydrogen) atoms. The van der Waals surface area contributed by atoms with Crippen LogP contribution in [-0.2, 0) is 16.1 Å². The van der Waals surface area contributed by atoms with Crippen LogP contribution in [0.3, 0.4) is 0 Å². The van der Waals surface area contributed by atoms with Gasteiger partial charge in [0.15, 0.2) is 5.96 Å². The minimum absolute atomic E-state index is 0.102. The van der Waals surface area contributed by atoms with Crippen molar-refractivity contribution >= 4 is 17.7 Å². The summed E-state index contributed by atoms with van der Waals surface area (Å²) in [4.78, 5) is 25.1. The number of ether oxygens (including phenoxy) is 1. The molecule has 0 bridgehead atoms. The third-order valence-corrected chi connectivity index (χ3v) is 4.43. The lowest BCUT2D eigenvalue weighted by atomic mass is 9.99. The average molecular weight is 347 g/mol. The Balaban J connectivity index is 2.11. The van der Waals surface area contributed by atoms with E-state index < -0.39 is 0 Å². The number of hydrogen-bond acceptors (Lipinski definition) is 5. The molecule has 7 nitrogen and oxygen atoms in total. The number of hydrogen-bond donors (Lipinski definition) is 1. The molecular formula is C18H29N5O2. The molecule has 1 aromatic heterocycles. The fraction of sp³-hybridized carbons (Fsp3) is 0.611. The van der Waals surface area contributed by atoms with Crippen LogP contribution in [0.15, 0.2) is 23.3 Å². The normalized spacial score (nSPS) is 20.5. The zero-order valence-electron chi connectivity index (χ0n) is 15.8. The molecule has 138 valence electrons. The number of nitrogens with zero attached hydrogens (tertiary/aromatic N) is 4. The smallest absolute Gasteiger partial charge is 0.310 e. The van der Waals surface area contributed by atoms with E-state index in [2.05, 4.69) is 22.1 Å². The van der Waals surface area contributed by atoms with Gasteiger partial charge < -0.3 is 19.9 Å². The Hall–Kier alpha value is -2.31. The summed E-state index contributed by atoms with van der Waals surface area (Å²) in [7, 11) is 5.39. The van der Waals surface area contributed by atoms with E-state index in [1.165, 1.54) is 7.11 Å². The first-order valence-corrected chi connectivity index (χ1v) is 8.69. The monoisotopic (exact) mass is 347 g/mol. The topological polar surface area (TPSA) is 70.1 Å². The highest BCUT2D eigenvalue weighted by molar-refractivity contribution is 5.82. The molecule has 1 N–H and O–H groups in total. The number of guanidine groups is 1. The molecule has 0 spiro atoms. The summed E-state index contributed by atoms with van der Waals surface area (Å²) in [6.07, 6.45) is 1.80. The minimum Gasteiger partial charge on any atom is -0.469 e. The summed E-state index contributed by atoms with van der Waals surface area (Å²) in [6, 6.07) is 4.01. The van der Waals surface area contributed by atoms with Crippen LogP contribution < -0.4 is 10.2 Å². The zero-order valence-corrected chi connectivity index (χ0v) is 15.8. The SMILES string of the molecule is CCNC(=NCc1ccnc(N(C)C)c1)N1CC(C)C(C(=O)OC)C1. The first kappa shape index (κ1) is 19.0. The van der Waals surface area contributed by atoms with Crippen molar-refractivity contribution in [3.05, 3.63) is 23.9 Å². The van der Waals surface area contributed by atoms with Crippen molar-refractivity contribution in [2.24, 2.45) is 16.8 Å². The Morgan fingerprint density at radius 1 is 1.48 bits per heavy atom. The van der Waals surface area contributed by atoms with Crippen LogP contribution in [-0.4, -0.2) is 62.7 Å². The number of rotatable bonds is 5. The van der Waals surface area contributed by atoms with Crippen LogP contribution in [0.25, 0.3) is 0 Å². The van der Waals surface area contributed by atoms with Gasteiger partial charge in [0, 0.05) is 39.9 Å². The Morgan fingerprint density at radius 3 is 2.88 bits per heavy atom. The second kappa shape index (κ2) is 8.69. The lowest BCUT2D eigenvalue weighted by Crippen LogP contribution is -2.40. The van der Waals surface area contributed by atoms with Crippen LogP contribution in [0.4, 0.5) is 5.82 Å². The minimum atomic E-state index is -0.143. The standard InChI is InChI=1S/C18H29N5O2/c1-6-19-18(23-11-13(2)15(12-23)17(24)25-5)21-10-14-7-8-20-16(9-14)22(3)4/h7-9,13,15H,6,10-12H2,1-5H3,(H,19,21). The van der Waals surface area contributed by atoms with E-state index in [1.807, 2.05) is 38.1 Å². The fourth-order valence-electron chi connectivity index (χ4n) is 2.99. The van der Waals surface area contributed by atoms with Gasteiger partial charge in [0.25, 0.3) is 0 Å². The lowest BCUT2D eigenvalue weighted by molar-refractivity contribution is -0.145. The molecule has 2 unspecified atom stereocenters. The van der Waals surface area contributed by atoms with E-state index in [0.29, 0.717) is 13.1 Å². The number of pyridine rings is 1. The van der Waals surface area contributed by atoms with Crippen molar-refractivity contribution in [2.75, 3.05) is 45.7 Å². The van der Waals surface area contributed by atoms with Gasteiger partial charge >= 0.3 is 5.97 Å². The van der Waals surface area contributed by atoms with Gasteiger partial charge in [-0.05, 0) is 30.5 Å². The number of aromatic nitrogens is 1. The predicted octanol–water partition coefficient (Wildman–Crippen LogP) is 1.35. The van der Waals surface area contributed by atoms with E-state index in [1.54, 1.807) is 6.20 Å². The third kappa shape index (κ3) is 4.84. The van der Waals surface area contributed by atoms with Crippen molar-refractivity contribution in [3.63, 3.8) is 0 Å². The van der Waals surface area contributed by atoms with Gasteiger partial charge in [0.2, 0.25) is 0 Å². The summed E-state index contributed by atoms with van der Waals surface area (Å²) < 4.78 is 4.92. The highest BCUT2D eigenvalue weighted by Crippen LogP contribution is 2.24. The van der Waals surface area contributed by atoms with E-state index in [0.717, 1.165) is 30.4 Å². The van der Waals surface area contributed by atoms with Crippen LogP contribution in [0, 0.1) is 11.8 Å². The molecule has 1 aliphatic rings. The number of carbonyl (C=O) groups excluding carboxylic acids is 1. The largest absolute Gasteiger partial charge is 0.469 e. The van der Waals surface area contributed by atoms with Crippen LogP contribution in [0.1, 0.15) is 19.4 Å². The lowest BCUT2D eigenvalue weighted by Gasteiger charge is -2.21. The number of likely N-dealkylation sites (tertiary alicyclic amines) is 1. The van der Waals surface area contributed by atoms with Crippen LogP contribution in [0.5, 0.6) is 0 Å². The van der Waals surface area contributed by atoms with E-state index in [-0.39, 0.29) is 17.8 Å². The molecule has 0 aromatic carbocycles. The summed E-state index contributed by atoms with van der Waals surface area (Å²) in [5.74, 6) is 1.76. The Morgan fingerprint density at radius 2 is 2.24 bits per heavy atom. The predicted molar refractivity (Wildman–Crippen MR) is 99.6 cm³/mol. The summed E-state index contributed by atoms with van der Waals surface area (Å²) >= 11 is 0. The molecule has 2 atom stereocenters. The highest BCUT2D eigenvalue weighted by Gasteiger charge is 2.36. The molecule has 0 radical (unpaired) electrons. The van der Waals surface area contributed by atoms with E-state index in [4.69, 9.17) is 9.73 Å². The fourth-order valence-corrected chi connectivity index (χ4v) is 2.99. The van der Waals surface area contributed by atoms with Gasteiger partial charge in [-0.15, -0.1) is 0 Å². The van der Waals surface area contributed by atoms with Gasteiger partial charge in [0.1, 0.15) is 5.82 Å².